The summed E-state index contributed by atoms with van der Waals surface area (Å²) in [5.74, 6) is 1.03. The van der Waals surface area contributed by atoms with Crippen LogP contribution in [-0.2, 0) is 11.2 Å². The molecule has 0 bridgehead atoms. The van der Waals surface area contributed by atoms with Gasteiger partial charge in [0.25, 0.3) is 0 Å². The first kappa shape index (κ1) is 17.2. The second kappa shape index (κ2) is 7.42. The van der Waals surface area contributed by atoms with E-state index in [1.807, 2.05) is 45.0 Å². The molecule has 2 rings (SSSR count). The normalized spacial score (nSPS) is 11.1. The zero-order valence-electron chi connectivity index (χ0n) is 13.6. The fourth-order valence-electron chi connectivity index (χ4n) is 1.82. The number of anilines is 2. The standard InChI is InChI=1S/C17H21ClN4O/c1-17(2,3)16(23)20-15-8-7-14(21-22-15)19-10-9-12-5-4-6-13(18)11-12/h4-8,11H,9-10H2,1-3H3,(H,19,21)(H,20,22,23). The monoisotopic (exact) mass is 332 g/mol. The van der Waals surface area contributed by atoms with Gasteiger partial charge >= 0.3 is 0 Å². The van der Waals surface area contributed by atoms with Gasteiger partial charge in [0.2, 0.25) is 5.91 Å². The number of nitrogens with one attached hydrogen (secondary N) is 2. The van der Waals surface area contributed by atoms with Crippen LogP contribution in [0.15, 0.2) is 36.4 Å². The average molecular weight is 333 g/mol. The van der Waals surface area contributed by atoms with Gasteiger partial charge in [-0.1, -0.05) is 44.5 Å². The molecule has 0 aliphatic carbocycles. The molecule has 1 heterocycles. The number of nitrogens with zero attached hydrogens (tertiary/aromatic N) is 2. The lowest BCUT2D eigenvalue weighted by molar-refractivity contribution is -0.123. The molecule has 2 N–H and O–H groups in total. The highest BCUT2D eigenvalue weighted by Crippen LogP contribution is 2.16. The van der Waals surface area contributed by atoms with E-state index in [0.29, 0.717) is 11.6 Å². The Labute approximate surface area is 141 Å². The Morgan fingerprint density at radius 3 is 2.43 bits per heavy atom. The van der Waals surface area contributed by atoms with Crippen molar-refractivity contribution in [1.82, 2.24) is 10.2 Å². The Morgan fingerprint density at radius 1 is 1.13 bits per heavy atom. The third-order valence-corrected chi connectivity index (χ3v) is 3.43. The third-order valence-electron chi connectivity index (χ3n) is 3.20. The average Bonchev–Trinajstić information content (AvgIpc) is 2.48. The first-order chi connectivity index (χ1) is 10.8. The van der Waals surface area contributed by atoms with Crippen molar-refractivity contribution in [3.05, 3.63) is 47.0 Å². The van der Waals surface area contributed by atoms with E-state index in [0.717, 1.165) is 23.6 Å². The Balaban J connectivity index is 1.84. The van der Waals surface area contributed by atoms with Crippen LogP contribution in [0, 0.1) is 5.41 Å². The SMILES string of the molecule is CC(C)(C)C(=O)Nc1ccc(NCCc2cccc(Cl)c2)nn1. The molecule has 0 aliphatic rings. The van der Waals surface area contributed by atoms with Crippen molar-refractivity contribution in [3.63, 3.8) is 0 Å². The topological polar surface area (TPSA) is 66.9 Å². The van der Waals surface area contributed by atoms with Gasteiger partial charge in [-0.05, 0) is 36.2 Å². The molecule has 6 heteroatoms. The van der Waals surface area contributed by atoms with Gasteiger partial charge in [0, 0.05) is 17.0 Å². The quantitative estimate of drug-likeness (QED) is 0.874. The molecular formula is C17H21ClN4O. The molecule has 0 aliphatic heterocycles. The van der Waals surface area contributed by atoms with Crippen molar-refractivity contribution in [1.29, 1.82) is 0 Å². The van der Waals surface area contributed by atoms with E-state index >= 15 is 0 Å². The van der Waals surface area contributed by atoms with Crippen LogP contribution in [0.25, 0.3) is 0 Å². The molecule has 1 amide bonds. The fraction of sp³-hybridized carbons (Fsp3) is 0.353. The maximum Gasteiger partial charge on any atom is 0.230 e. The minimum absolute atomic E-state index is 0.0894. The molecule has 0 unspecified atom stereocenters. The molecule has 0 spiro atoms. The van der Waals surface area contributed by atoms with Crippen LogP contribution < -0.4 is 10.6 Å². The highest BCUT2D eigenvalue weighted by Gasteiger charge is 2.21. The fourth-order valence-corrected chi connectivity index (χ4v) is 2.04. The molecule has 1 aromatic heterocycles. The van der Waals surface area contributed by atoms with E-state index in [1.165, 1.54) is 0 Å². The first-order valence-corrected chi connectivity index (χ1v) is 7.86. The molecule has 0 saturated carbocycles. The summed E-state index contributed by atoms with van der Waals surface area (Å²) in [6, 6.07) is 11.3. The predicted molar refractivity (Wildman–Crippen MR) is 93.8 cm³/mol. The smallest absolute Gasteiger partial charge is 0.230 e. The molecule has 0 saturated heterocycles. The molecule has 0 fully saturated rings. The summed E-state index contributed by atoms with van der Waals surface area (Å²) in [6.45, 7) is 6.27. The van der Waals surface area contributed by atoms with Gasteiger partial charge in [0.05, 0.1) is 0 Å². The predicted octanol–water partition coefficient (Wildman–Crippen LogP) is 3.77. The van der Waals surface area contributed by atoms with E-state index in [9.17, 15) is 4.79 Å². The first-order valence-electron chi connectivity index (χ1n) is 7.48. The minimum Gasteiger partial charge on any atom is -0.368 e. The summed E-state index contributed by atoms with van der Waals surface area (Å²) in [6.07, 6.45) is 0.838. The highest BCUT2D eigenvalue weighted by atomic mass is 35.5. The summed E-state index contributed by atoms with van der Waals surface area (Å²) in [4.78, 5) is 11.9. The summed E-state index contributed by atoms with van der Waals surface area (Å²) >= 11 is 5.95. The summed E-state index contributed by atoms with van der Waals surface area (Å²) in [5, 5.41) is 14.7. The number of carbonyl (C=O) groups is 1. The second-order valence-electron chi connectivity index (χ2n) is 6.31. The molecule has 2 aromatic rings. The van der Waals surface area contributed by atoms with Crippen molar-refractivity contribution in [2.75, 3.05) is 17.2 Å². The number of carbonyl (C=O) groups excluding carboxylic acids is 1. The van der Waals surface area contributed by atoms with Crippen LogP contribution >= 0.6 is 11.6 Å². The van der Waals surface area contributed by atoms with E-state index < -0.39 is 5.41 Å². The number of hydrogen-bond donors (Lipinski definition) is 2. The Hall–Kier alpha value is -2.14. The van der Waals surface area contributed by atoms with Gasteiger partial charge < -0.3 is 10.6 Å². The maximum atomic E-state index is 11.9. The van der Waals surface area contributed by atoms with Crippen LogP contribution in [0.2, 0.25) is 5.02 Å². The van der Waals surface area contributed by atoms with Crippen LogP contribution in [0.1, 0.15) is 26.3 Å². The summed E-state index contributed by atoms with van der Waals surface area (Å²) in [5.41, 5.74) is 0.697. The minimum atomic E-state index is -0.463. The largest absolute Gasteiger partial charge is 0.368 e. The van der Waals surface area contributed by atoms with Crippen LogP contribution in [0.4, 0.5) is 11.6 Å². The van der Waals surface area contributed by atoms with Crippen molar-refractivity contribution in [3.8, 4) is 0 Å². The van der Waals surface area contributed by atoms with Crippen molar-refractivity contribution in [2.24, 2.45) is 5.41 Å². The summed E-state index contributed by atoms with van der Waals surface area (Å²) in [7, 11) is 0. The van der Waals surface area contributed by atoms with E-state index in [2.05, 4.69) is 20.8 Å². The lowest BCUT2D eigenvalue weighted by Crippen LogP contribution is -2.28. The molecule has 5 nitrogen and oxygen atoms in total. The van der Waals surface area contributed by atoms with E-state index in [4.69, 9.17) is 11.6 Å². The molecule has 0 atom stereocenters. The van der Waals surface area contributed by atoms with E-state index in [-0.39, 0.29) is 5.91 Å². The highest BCUT2D eigenvalue weighted by molar-refractivity contribution is 6.30. The molecule has 0 radical (unpaired) electrons. The number of amides is 1. The molecule has 23 heavy (non-hydrogen) atoms. The van der Waals surface area contributed by atoms with Gasteiger partial charge in [0.15, 0.2) is 5.82 Å². The molecule has 1 aromatic carbocycles. The number of hydrogen-bond acceptors (Lipinski definition) is 4. The van der Waals surface area contributed by atoms with Gasteiger partial charge in [-0.15, -0.1) is 10.2 Å². The van der Waals surface area contributed by atoms with Crippen LogP contribution in [0.3, 0.4) is 0 Å². The zero-order chi connectivity index (χ0) is 16.9. The molecular weight excluding hydrogens is 312 g/mol. The Kier molecular flexibility index (Phi) is 5.55. The Morgan fingerprint density at radius 2 is 1.83 bits per heavy atom. The van der Waals surface area contributed by atoms with Gasteiger partial charge in [-0.25, -0.2) is 0 Å². The number of aromatic nitrogens is 2. The van der Waals surface area contributed by atoms with Crippen LogP contribution in [-0.4, -0.2) is 22.6 Å². The summed E-state index contributed by atoms with van der Waals surface area (Å²) < 4.78 is 0. The Bertz CT molecular complexity index is 665. The van der Waals surface area contributed by atoms with Crippen LogP contribution in [0.5, 0.6) is 0 Å². The van der Waals surface area contributed by atoms with Gasteiger partial charge in [-0.3, -0.25) is 4.79 Å². The maximum absolute atomic E-state index is 11.9. The lowest BCUT2D eigenvalue weighted by atomic mass is 9.96. The lowest BCUT2D eigenvalue weighted by Gasteiger charge is -2.16. The number of benzene rings is 1. The second-order valence-corrected chi connectivity index (χ2v) is 6.75. The number of halogens is 1. The van der Waals surface area contributed by atoms with Gasteiger partial charge in [0.1, 0.15) is 5.82 Å². The van der Waals surface area contributed by atoms with Crippen molar-refractivity contribution in [2.45, 2.75) is 27.2 Å². The van der Waals surface area contributed by atoms with E-state index in [1.54, 1.807) is 12.1 Å². The van der Waals surface area contributed by atoms with Gasteiger partial charge in [-0.2, -0.15) is 0 Å². The zero-order valence-corrected chi connectivity index (χ0v) is 14.3. The molecule has 122 valence electrons. The van der Waals surface area contributed by atoms with Crippen molar-refractivity contribution < 1.29 is 4.79 Å². The number of rotatable bonds is 5. The third kappa shape index (κ3) is 5.53. The van der Waals surface area contributed by atoms with Crippen molar-refractivity contribution >= 4 is 29.1 Å².